The number of aliphatic carboxylic acids is 1. The number of nitrogens with zero attached hydrogens (tertiary/aromatic N) is 1. The molecule has 11 N–H and O–H groups in total. The van der Waals surface area contributed by atoms with Gasteiger partial charge in [0.1, 0.15) is 12.1 Å². The Bertz CT molecular complexity index is 553. The first-order valence-electron chi connectivity index (χ1n) is 7.62. The highest BCUT2D eigenvalue weighted by atomic mass is 32.1. The largest absolute Gasteiger partial charge is 0.480 e. The number of carboxylic acid groups (broad SMARTS) is 1. The number of rotatable bonds is 12. The molecule has 3 unspecified atom stereocenters. The van der Waals surface area contributed by atoms with Crippen LogP contribution in [0.3, 0.4) is 0 Å². The van der Waals surface area contributed by atoms with E-state index in [1.807, 2.05) is 0 Å². The molecule has 0 rings (SSSR count). The van der Waals surface area contributed by atoms with E-state index >= 15 is 0 Å². The van der Waals surface area contributed by atoms with Crippen molar-refractivity contribution in [1.29, 1.82) is 0 Å². The minimum absolute atomic E-state index is 0.0492. The number of hydrogen-bond acceptors (Lipinski definition) is 7. The molecule has 0 aromatic heterocycles. The monoisotopic (exact) mass is 391 g/mol. The third kappa shape index (κ3) is 9.68. The summed E-state index contributed by atoms with van der Waals surface area (Å²) in [5.74, 6) is -3.85. The molecule has 3 amide bonds. The molecule has 0 aromatic rings. The average Bonchev–Trinajstić information content (AvgIpc) is 2.54. The molecule has 0 aliphatic carbocycles. The first kappa shape index (κ1) is 23.5. The van der Waals surface area contributed by atoms with Gasteiger partial charge < -0.3 is 38.7 Å². The van der Waals surface area contributed by atoms with Gasteiger partial charge in [-0.05, 0) is 12.8 Å². The van der Waals surface area contributed by atoms with E-state index < -0.39 is 48.2 Å². The van der Waals surface area contributed by atoms with Crippen molar-refractivity contribution in [2.24, 2.45) is 27.9 Å². The maximum atomic E-state index is 12.3. The van der Waals surface area contributed by atoms with Crippen molar-refractivity contribution < 1.29 is 24.3 Å². The molecule has 12 nitrogen and oxygen atoms in total. The predicted molar refractivity (Wildman–Crippen MR) is 97.0 cm³/mol. The second kappa shape index (κ2) is 11.9. The number of carbonyl (C=O) groups is 4. The lowest BCUT2D eigenvalue weighted by Crippen LogP contribution is -2.55. The van der Waals surface area contributed by atoms with Crippen LogP contribution in [0.1, 0.15) is 19.3 Å². The number of hydrogen-bond donors (Lipinski definition) is 8. The fraction of sp³-hybridized carbons (Fsp3) is 0.615. The summed E-state index contributed by atoms with van der Waals surface area (Å²) in [5, 5.41) is 13.6. The van der Waals surface area contributed by atoms with Crippen molar-refractivity contribution in [3.05, 3.63) is 0 Å². The maximum absolute atomic E-state index is 12.3. The Balaban J connectivity index is 5.05. The van der Waals surface area contributed by atoms with E-state index in [-0.39, 0.29) is 24.7 Å². The number of amides is 3. The molecule has 0 heterocycles. The van der Waals surface area contributed by atoms with Gasteiger partial charge in [-0.25, -0.2) is 4.79 Å². The van der Waals surface area contributed by atoms with Crippen LogP contribution in [-0.2, 0) is 19.2 Å². The SMILES string of the molecule is NC(=O)CC(NC(=O)C(CCCN=C(N)N)NC(=O)C(N)CS)C(=O)O. The van der Waals surface area contributed by atoms with Crippen molar-refractivity contribution in [1.82, 2.24) is 10.6 Å². The molecular weight excluding hydrogens is 366 g/mol. The van der Waals surface area contributed by atoms with Crippen LogP contribution in [0.4, 0.5) is 0 Å². The molecule has 0 spiro atoms. The Hall–Kier alpha value is -2.54. The van der Waals surface area contributed by atoms with Gasteiger partial charge in [0, 0.05) is 12.3 Å². The summed E-state index contributed by atoms with van der Waals surface area (Å²) >= 11 is 3.90. The normalized spacial score (nSPS) is 13.8. The first-order valence-corrected chi connectivity index (χ1v) is 8.25. The van der Waals surface area contributed by atoms with E-state index in [0.717, 1.165) is 0 Å². The highest BCUT2D eigenvalue weighted by molar-refractivity contribution is 7.80. The quantitative estimate of drug-likeness (QED) is 0.0710. The van der Waals surface area contributed by atoms with E-state index in [1.165, 1.54) is 0 Å². The minimum atomic E-state index is -1.52. The van der Waals surface area contributed by atoms with Crippen molar-refractivity contribution >= 4 is 42.3 Å². The van der Waals surface area contributed by atoms with E-state index in [9.17, 15) is 19.2 Å². The third-order valence-corrected chi connectivity index (χ3v) is 3.53. The van der Waals surface area contributed by atoms with Gasteiger partial charge in [0.15, 0.2) is 5.96 Å². The van der Waals surface area contributed by atoms with Crippen LogP contribution < -0.4 is 33.6 Å². The zero-order valence-electron chi connectivity index (χ0n) is 14.1. The zero-order chi connectivity index (χ0) is 20.3. The van der Waals surface area contributed by atoms with Gasteiger partial charge in [0.05, 0.1) is 12.5 Å². The second-order valence-electron chi connectivity index (χ2n) is 5.37. The number of carbonyl (C=O) groups excluding carboxylic acids is 3. The van der Waals surface area contributed by atoms with Gasteiger partial charge in [0.25, 0.3) is 0 Å². The van der Waals surface area contributed by atoms with Gasteiger partial charge in [0.2, 0.25) is 17.7 Å². The van der Waals surface area contributed by atoms with Crippen LogP contribution in [0.5, 0.6) is 0 Å². The second-order valence-corrected chi connectivity index (χ2v) is 5.73. The van der Waals surface area contributed by atoms with E-state index in [4.69, 9.17) is 28.0 Å². The first-order chi connectivity index (χ1) is 12.1. The predicted octanol–water partition coefficient (Wildman–Crippen LogP) is -3.77. The topological polar surface area (TPSA) is 229 Å². The smallest absolute Gasteiger partial charge is 0.326 e. The number of aliphatic imine (C=N–C) groups is 1. The molecular formula is C13H25N7O5S. The molecule has 0 aromatic carbocycles. The Morgan fingerprint density at radius 2 is 1.62 bits per heavy atom. The molecule has 0 aliphatic rings. The molecule has 0 saturated heterocycles. The summed E-state index contributed by atoms with van der Waals surface area (Å²) in [6.07, 6.45) is -0.164. The summed E-state index contributed by atoms with van der Waals surface area (Å²) in [7, 11) is 0. The lowest BCUT2D eigenvalue weighted by molar-refractivity contribution is -0.143. The number of guanidine groups is 1. The fourth-order valence-corrected chi connectivity index (χ4v) is 1.97. The lowest BCUT2D eigenvalue weighted by atomic mass is 10.1. The van der Waals surface area contributed by atoms with Crippen molar-refractivity contribution in [2.45, 2.75) is 37.4 Å². The minimum Gasteiger partial charge on any atom is -0.480 e. The molecule has 26 heavy (non-hydrogen) atoms. The Morgan fingerprint density at radius 3 is 2.08 bits per heavy atom. The van der Waals surface area contributed by atoms with E-state index in [2.05, 4.69) is 28.3 Å². The Kier molecular flexibility index (Phi) is 10.8. The third-order valence-electron chi connectivity index (χ3n) is 3.13. The highest BCUT2D eigenvalue weighted by Crippen LogP contribution is 2.02. The molecule has 3 atom stereocenters. The number of thiol groups is 1. The zero-order valence-corrected chi connectivity index (χ0v) is 14.9. The average molecular weight is 391 g/mol. The van der Waals surface area contributed by atoms with Gasteiger partial charge in [-0.1, -0.05) is 0 Å². The van der Waals surface area contributed by atoms with E-state index in [0.29, 0.717) is 6.42 Å². The molecule has 0 saturated carbocycles. The van der Waals surface area contributed by atoms with Crippen molar-refractivity contribution in [3.8, 4) is 0 Å². The number of carboxylic acids is 1. The Morgan fingerprint density at radius 1 is 1.04 bits per heavy atom. The molecule has 0 radical (unpaired) electrons. The summed E-state index contributed by atoms with van der Waals surface area (Å²) in [6, 6.07) is -3.57. The maximum Gasteiger partial charge on any atom is 0.326 e. The van der Waals surface area contributed by atoms with Crippen LogP contribution >= 0.6 is 12.6 Å². The van der Waals surface area contributed by atoms with Gasteiger partial charge in [-0.3, -0.25) is 19.4 Å². The molecule has 13 heteroatoms. The molecule has 0 aliphatic heterocycles. The number of primary amides is 1. The van der Waals surface area contributed by atoms with Crippen LogP contribution in [-0.4, -0.2) is 65.2 Å². The summed E-state index contributed by atoms with van der Waals surface area (Å²) < 4.78 is 0. The molecule has 0 fully saturated rings. The highest BCUT2D eigenvalue weighted by Gasteiger charge is 2.28. The number of nitrogens with one attached hydrogen (secondary N) is 2. The number of nitrogens with two attached hydrogens (primary N) is 4. The Labute approximate surface area is 155 Å². The van der Waals surface area contributed by atoms with Gasteiger partial charge >= 0.3 is 5.97 Å². The van der Waals surface area contributed by atoms with Crippen LogP contribution in [0.25, 0.3) is 0 Å². The summed E-state index contributed by atoms with van der Waals surface area (Å²) in [6.45, 7) is 0.199. The fourth-order valence-electron chi connectivity index (χ4n) is 1.81. The lowest BCUT2D eigenvalue weighted by Gasteiger charge is -2.22. The van der Waals surface area contributed by atoms with Crippen molar-refractivity contribution in [2.75, 3.05) is 12.3 Å². The molecule has 148 valence electrons. The molecule has 0 bridgehead atoms. The summed E-state index contributed by atoms with van der Waals surface area (Å²) in [4.78, 5) is 50.0. The van der Waals surface area contributed by atoms with Crippen LogP contribution in [0.15, 0.2) is 4.99 Å². The van der Waals surface area contributed by atoms with Gasteiger partial charge in [-0.2, -0.15) is 12.6 Å². The van der Waals surface area contributed by atoms with Crippen LogP contribution in [0, 0.1) is 0 Å². The van der Waals surface area contributed by atoms with Crippen LogP contribution in [0.2, 0.25) is 0 Å². The van der Waals surface area contributed by atoms with Gasteiger partial charge in [-0.15, -0.1) is 0 Å². The van der Waals surface area contributed by atoms with E-state index in [1.54, 1.807) is 0 Å². The standard InChI is InChI=1S/C13H25N7O5S/c14-6(5-26)10(22)19-7(2-1-3-18-13(16)17)11(23)20-8(12(24)25)4-9(15)21/h6-8,26H,1-5,14H2,(H2,15,21)(H,19,22)(H,20,23)(H,24,25)(H4,16,17,18). The van der Waals surface area contributed by atoms with Crippen molar-refractivity contribution in [3.63, 3.8) is 0 Å². The summed E-state index contributed by atoms with van der Waals surface area (Å²) in [5.41, 5.74) is 20.9.